The largest absolute Gasteiger partial charge is 0.508 e. The van der Waals surface area contributed by atoms with Gasteiger partial charge in [-0.15, -0.1) is 10.2 Å². The van der Waals surface area contributed by atoms with Crippen molar-refractivity contribution in [3.8, 4) is 5.75 Å². The molecule has 0 spiro atoms. The van der Waals surface area contributed by atoms with Gasteiger partial charge in [-0.1, -0.05) is 12.1 Å². The molecule has 20 heavy (non-hydrogen) atoms. The Morgan fingerprint density at radius 2 is 2.15 bits per heavy atom. The number of amides is 1. The van der Waals surface area contributed by atoms with Gasteiger partial charge in [-0.2, -0.15) is 0 Å². The topological polar surface area (TPSA) is 106 Å². The van der Waals surface area contributed by atoms with Gasteiger partial charge in [-0.25, -0.2) is 0 Å². The van der Waals surface area contributed by atoms with Crippen LogP contribution >= 0.6 is 0 Å². The van der Waals surface area contributed by atoms with Crippen LogP contribution in [0.4, 0.5) is 0 Å². The van der Waals surface area contributed by atoms with Gasteiger partial charge in [0.2, 0.25) is 5.91 Å². The molecule has 2 aromatic rings. The van der Waals surface area contributed by atoms with E-state index < -0.39 is 6.04 Å². The van der Waals surface area contributed by atoms with E-state index in [9.17, 15) is 9.90 Å². The maximum Gasteiger partial charge on any atom is 0.237 e. The summed E-state index contributed by atoms with van der Waals surface area (Å²) >= 11 is 0. The molecule has 0 aliphatic carbocycles. The standard InChI is InChI=1S/C13H17N5O2/c1-18-8-16-17-12(18)7-15-13(20)11(14)6-9-2-4-10(19)5-3-9/h2-5,8,11,19H,6-7,14H2,1H3,(H,15,20). The molecule has 7 heteroatoms. The van der Waals surface area contributed by atoms with E-state index in [1.54, 1.807) is 42.2 Å². The second-order valence-electron chi connectivity index (χ2n) is 4.55. The van der Waals surface area contributed by atoms with Crippen molar-refractivity contribution >= 4 is 5.91 Å². The average Bonchev–Trinajstić information content (AvgIpc) is 2.84. The normalized spacial score (nSPS) is 12.1. The molecule has 0 radical (unpaired) electrons. The molecule has 0 aliphatic heterocycles. The number of hydrogen-bond donors (Lipinski definition) is 3. The van der Waals surface area contributed by atoms with Gasteiger partial charge in [0.15, 0.2) is 5.82 Å². The lowest BCUT2D eigenvalue weighted by Gasteiger charge is -2.12. The van der Waals surface area contributed by atoms with E-state index in [0.29, 0.717) is 18.8 Å². The van der Waals surface area contributed by atoms with Crippen molar-refractivity contribution in [1.29, 1.82) is 0 Å². The van der Waals surface area contributed by atoms with E-state index in [2.05, 4.69) is 15.5 Å². The number of aromatic nitrogens is 3. The van der Waals surface area contributed by atoms with Crippen LogP contribution in [0.15, 0.2) is 30.6 Å². The number of rotatable bonds is 5. The molecule has 7 nitrogen and oxygen atoms in total. The number of phenols is 1. The molecule has 0 saturated carbocycles. The lowest BCUT2D eigenvalue weighted by molar-refractivity contribution is -0.122. The first-order chi connectivity index (χ1) is 9.56. The molecule has 2 rings (SSSR count). The molecule has 1 aromatic heterocycles. The van der Waals surface area contributed by atoms with E-state index in [4.69, 9.17) is 5.73 Å². The molecule has 106 valence electrons. The Bertz CT molecular complexity index is 579. The van der Waals surface area contributed by atoms with Crippen molar-refractivity contribution in [3.63, 3.8) is 0 Å². The molecule has 0 bridgehead atoms. The molecule has 0 saturated heterocycles. The van der Waals surface area contributed by atoms with Gasteiger partial charge in [0.1, 0.15) is 12.1 Å². The fraction of sp³-hybridized carbons (Fsp3) is 0.308. The van der Waals surface area contributed by atoms with Crippen LogP contribution in [0.2, 0.25) is 0 Å². The van der Waals surface area contributed by atoms with Crippen molar-refractivity contribution in [2.45, 2.75) is 19.0 Å². The first-order valence-corrected chi connectivity index (χ1v) is 6.20. The first-order valence-electron chi connectivity index (χ1n) is 6.20. The van der Waals surface area contributed by atoms with Crippen LogP contribution in [0.3, 0.4) is 0 Å². The minimum Gasteiger partial charge on any atom is -0.508 e. The molecule has 1 amide bonds. The van der Waals surface area contributed by atoms with Gasteiger partial charge >= 0.3 is 0 Å². The van der Waals surface area contributed by atoms with Crippen LogP contribution in [0.1, 0.15) is 11.4 Å². The number of carbonyl (C=O) groups excluding carboxylic acids is 1. The number of phenolic OH excluding ortho intramolecular Hbond substituents is 1. The third kappa shape index (κ3) is 3.55. The van der Waals surface area contributed by atoms with E-state index >= 15 is 0 Å². The van der Waals surface area contributed by atoms with Crippen LogP contribution < -0.4 is 11.1 Å². The summed E-state index contributed by atoms with van der Waals surface area (Å²) in [6.07, 6.45) is 1.97. The summed E-state index contributed by atoms with van der Waals surface area (Å²) in [6, 6.07) is 5.97. The zero-order chi connectivity index (χ0) is 14.5. The second-order valence-corrected chi connectivity index (χ2v) is 4.55. The number of benzene rings is 1. The van der Waals surface area contributed by atoms with Crippen molar-refractivity contribution in [2.75, 3.05) is 0 Å². The third-order valence-electron chi connectivity index (χ3n) is 2.95. The fourth-order valence-corrected chi connectivity index (χ4v) is 1.74. The number of carbonyl (C=O) groups is 1. The minimum atomic E-state index is -0.646. The number of nitrogens with zero attached hydrogens (tertiary/aromatic N) is 3. The predicted octanol–water partition coefficient (Wildman–Crippen LogP) is -0.293. The summed E-state index contributed by atoms with van der Waals surface area (Å²) in [5.41, 5.74) is 6.74. The van der Waals surface area contributed by atoms with Gasteiger partial charge in [-0.05, 0) is 24.1 Å². The Morgan fingerprint density at radius 3 is 2.75 bits per heavy atom. The van der Waals surface area contributed by atoms with Crippen molar-refractivity contribution in [2.24, 2.45) is 12.8 Å². The smallest absolute Gasteiger partial charge is 0.237 e. The summed E-state index contributed by atoms with van der Waals surface area (Å²) in [5.74, 6) is 0.602. The van der Waals surface area contributed by atoms with Gasteiger partial charge in [0, 0.05) is 7.05 Å². The predicted molar refractivity (Wildman–Crippen MR) is 72.6 cm³/mol. The Labute approximate surface area is 116 Å². The number of nitrogens with one attached hydrogen (secondary N) is 1. The summed E-state index contributed by atoms with van der Waals surface area (Å²) < 4.78 is 1.73. The maximum atomic E-state index is 11.9. The molecule has 1 aromatic carbocycles. The van der Waals surface area contributed by atoms with Gasteiger partial charge < -0.3 is 20.7 Å². The molecule has 4 N–H and O–H groups in total. The quantitative estimate of drug-likeness (QED) is 0.695. The highest BCUT2D eigenvalue weighted by molar-refractivity contribution is 5.81. The number of aryl methyl sites for hydroxylation is 1. The van der Waals surface area contributed by atoms with E-state index in [1.807, 2.05) is 0 Å². The average molecular weight is 275 g/mol. The molecule has 0 fully saturated rings. The van der Waals surface area contributed by atoms with Gasteiger partial charge in [0.25, 0.3) is 0 Å². The Hall–Kier alpha value is -2.41. The molecule has 1 unspecified atom stereocenters. The molecular formula is C13H17N5O2. The highest BCUT2D eigenvalue weighted by Crippen LogP contribution is 2.10. The van der Waals surface area contributed by atoms with E-state index in [0.717, 1.165) is 5.56 Å². The highest BCUT2D eigenvalue weighted by Gasteiger charge is 2.14. The fourth-order valence-electron chi connectivity index (χ4n) is 1.74. The highest BCUT2D eigenvalue weighted by atomic mass is 16.3. The Morgan fingerprint density at radius 1 is 1.45 bits per heavy atom. The van der Waals surface area contributed by atoms with Crippen LogP contribution in [0, 0.1) is 0 Å². The molecule has 1 atom stereocenters. The molecular weight excluding hydrogens is 258 g/mol. The minimum absolute atomic E-state index is 0.189. The summed E-state index contributed by atoms with van der Waals surface area (Å²) in [6.45, 7) is 0.290. The lowest BCUT2D eigenvalue weighted by atomic mass is 10.1. The third-order valence-corrected chi connectivity index (χ3v) is 2.95. The van der Waals surface area contributed by atoms with E-state index in [1.165, 1.54) is 0 Å². The lowest BCUT2D eigenvalue weighted by Crippen LogP contribution is -2.42. The number of aromatic hydroxyl groups is 1. The van der Waals surface area contributed by atoms with Crippen molar-refractivity contribution < 1.29 is 9.90 Å². The SMILES string of the molecule is Cn1cnnc1CNC(=O)C(N)Cc1ccc(O)cc1. The van der Waals surface area contributed by atoms with Crippen LogP contribution in [0.25, 0.3) is 0 Å². The van der Waals surface area contributed by atoms with Crippen LogP contribution in [-0.2, 0) is 24.8 Å². The second kappa shape index (κ2) is 6.16. The van der Waals surface area contributed by atoms with E-state index in [-0.39, 0.29) is 11.7 Å². The number of nitrogens with two attached hydrogens (primary N) is 1. The zero-order valence-corrected chi connectivity index (χ0v) is 11.2. The summed E-state index contributed by atoms with van der Waals surface area (Å²) in [4.78, 5) is 11.9. The summed E-state index contributed by atoms with van der Waals surface area (Å²) in [5, 5.41) is 19.5. The first kappa shape index (κ1) is 14.0. The maximum absolute atomic E-state index is 11.9. The van der Waals surface area contributed by atoms with Crippen LogP contribution in [0.5, 0.6) is 5.75 Å². The number of hydrogen-bond acceptors (Lipinski definition) is 5. The Kier molecular flexibility index (Phi) is 4.31. The van der Waals surface area contributed by atoms with Gasteiger partial charge in [0.05, 0.1) is 12.6 Å². The van der Waals surface area contributed by atoms with Gasteiger partial charge in [-0.3, -0.25) is 4.79 Å². The van der Waals surface area contributed by atoms with Crippen LogP contribution in [-0.4, -0.2) is 31.8 Å². The zero-order valence-electron chi connectivity index (χ0n) is 11.2. The molecule has 0 aliphatic rings. The van der Waals surface area contributed by atoms with Crippen molar-refractivity contribution in [3.05, 3.63) is 42.0 Å². The summed E-state index contributed by atoms with van der Waals surface area (Å²) in [7, 11) is 1.80. The molecule has 1 heterocycles. The monoisotopic (exact) mass is 275 g/mol. The Balaban J connectivity index is 1.86. The van der Waals surface area contributed by atoms with Crippen molar-refractivity contribution in [1.82, 2.24) is 20.1 Å².